The van der Waals surface area contributed by atoms with E-state index in [9.17, 15) is 0 Å². The Morgan fingerprint density at radius 2 is 0.912 bits per heavy atom. The van der Waals surface area contributed by atoms with Crippen LogP contribution >= 0.6 is 11.3 Å². The number of aromatic nitrogens is 1. The molecule has 57 heavy (non-hydrogen) atoms. The van der Waals surface area contributed by atoms with Crippen LogP contribution in [0.3, 0.4) is 0 Å². The first-order valence-corrected chi connectivity index (χ1v) is 20.2. The van der Waals surface area contributed by atoms with Gasteiger partial charge in [0.25, 0.3) is 0 Å². The van der Waals surface area contributed by atoms with Crippen LogP contribution in [-0.4, -0.2) is 4.57 Å². The Balaban J connectivity index is 0.986. The van der Waals surface area contributed by atoms with Crippen LogP contribution in [0.5, 0.6) is 0 Å². The Morgan fingerprint density at radius 3 is 1.74 bits per heavy atom. The summed E-state index contributed by atoms with van der Waals surface area (Å²) >= 11 is 1.87. The Labute approximate surface area is 335 Å². The van der Waals surface area contributed by atoms with Crippen molar-refractivity contribution in [3.63, 3.8) is 0 Å². The van der Waals surface area contributed by atoms with Crippen molar-refractivity contribution < 1.29 is 0 Å². The average Bonchev–Trinajstić information content (AvgIpc) is 3.83. The molecule has 9 aromatic carbocycles. The van der Waals surface area contributed by atoms with Gasteiger partial charge >= 0.3 is 0 Å². The Bertz CT molecular complexity index is 3210. The molecule has 3 heteroatoms. The minimum atomic E-state index is 1.11. The van der Waals surface area contributed by atoms with Gasteiger partial charge in [-0.2, -0.15) is 0 Å². The molecule has 0 saturated carbocycles. The monoisotopic (exact) mass is 744 g/mol. The first-order chi connectivity index (χ1) is 28.3. The predicted molar refractivity (Wildman–Crippen MR) is 245 cm³/mol. The third-order valence-corrected chi connectivity index (χ3v) is 12.4. The van der Waals surface area contributed by atoms with E-state index in [0.717, 1.165) is 17.1 Å². The lowest BCUT2D eigenvalue weighted by Crippen LogP contribution is -2.11. The minimum Gasteiger partial charge on any atom is -0.310 e. The molecule has 0 saturated heterocycles. The summed E-state index contributed by atoms with van der Waals surface area (Å²) in [5.41, 5.74) is 14.2. The van der Waals surface area contributed by atoms with E-state index in [1.165, 1.54) is 81.0 Å². The van der Waals surface area contributed by atoms with Gasteiger partial charge in [0.05, 0.1) is 22.4 Å². The molecule has 0 bridgehead atoms. The summed E-state index contributed by atoms with van der Waals surface area (Å²) in [6.07, 6.45) is 0. The van der Waals surface area contributed by atoms with Crippen LogP contribution in [-0.2, 0) is 0 Å². The molecule has 11 rings (SSSR count). The molecule has 0 aliphatic heterocycles. The maximum Gasteiger partial charge on any atom is 0.0555 e. The number of hydrogen-bond acceptors (Lipinski definition) is 2. The van der Waals surface area contributed by atoms with E-state index in [1.807, 2.05) is 11.3 Å². The third kappa shape index (κ3) is 5.71. The molecule has 0 fully saturated rings. The molecule has 2 nitrogen and oxygen atoms in total. The Morgan fingerprint density at radius 1 is 0.351 bits per heavy atom. The fraction of sp³-hybridized carbons (Fsp3) is 0. The highest BCUT2D eigenvalue weighted by Gasteiger charge is 2.19. The van der Waals surface area contributed by atoms with Gasteiger partial charge in [-0.3, -0.25) is 0 Å². The number of thiophene rings is 1. The standard InChI is InChI=1S/C54H36N2S/c1-3-14-37(15-4-1)38-30-33-43(34-31-38)55(42-16-5-2-6-17-42)48-21-10-7-18-44(48)40-28-26-39(27-29-40)41-32-35-50-47(36-41)45-19-8-11-22-49(45)56(50)51-23-13-25-53-54(51)46-20-9-12-24-52(46)57-53/h1-36H. The maximum atomic E-state index is 2.46. The smallest absolute Gasteiger partial charge is 0.0555 e. The maximum absolute atomic E-state index is 2.46. The number of rotatable bonds is 7. The zero-order chi connectivity index (χ0) is 37.7. The fourth-order valence-electron chi connectivity index (χ4n) is 8.55. The van der Waals surface area contributed by atoms with Crippen molar-refractivity contribution in [2.24, 2.45) is 0 Å². The van der Waals surface area contributed by atoms with Crippen LogP contribution in [0.15, 0.2) is 218 Å². The highest BCUT2D eigenvalue weighted by molar-refractivity contribution is 7.25. The van der Waals surface area contributed by atoms with Crippen LogP contribution in [0.25, 0.3) is 81.0 Å². The second-order valence-corrected chi connectivity index (χ2v) is 15.6. The number of benzene rings is 9. The molecular weight excluding hydrogens is 709 g/mol. The van der Waals surface area contributed by atoms with E-state index in [1.54, 1.807) is 0 Å². The van der Waals surface area contributed by atoms with E-state index in [-0.39, 0.29) is 0 Å². The molecular formula is C54H36N2S. The number of nitrogens with zero attached hydrogens (tertiary/aromatic N) is 2. The SMILES string of the molecule is c1ccc(-c2ccc(N(c3ccccc3)c3ccccc3-c3ccc(-c4ccc5c(c4)c4ccccc4n5-c4cccc5sc6ccccc6c45)cc3)cc2)cc1. The zero-order valence-corrected chi connectivity index (χ0v) is 31.9. The van der Waals surface area contributed by atoms with Gasteiger partial charge in [-0.05, 0) is 94.5 Å². The van der Waals surface area contributed by atoms with Crippen LogP contribution in [0, 0.1) is 0 Å². The second-order valence-electron chi connectivity index (χ2n) is 14.5. The van der Waals surface area contributed by atoms with Gasteiger partial charge in [0.2, 0.25) is 0 Å². The molecule has 0 unspecified atom stereocenters. The minimum absolute atomic E-state index is 1.11. The van der Waals surface area contributed by atoms with Gasteiger partial charge < -0.3 is 9.47 Å². The van der Waals surface area contributed by atoms with Crippen molar-refractivity contribution in [3.05, 3.63) is 218 Å². The van der Waals surface area contributed by atoms with Gasteiger partial charge in [0.1, 0.15) is 0 Å². The van der Waals surface area contributed by atoms with E-state index < -0.39 is 0 Å². The Hall–Kier alpha value is -7.20. The number of para-hydroxylation sites is 3. The van der Waals surface area contributed by atoms with E-state index in [0.29, 0.717) is 0 Å². The topological polar surface area (TPSA) is 8.17 Å². The summed E-state index contributed by atoms with van der Waals surface area (Å²) in [6, 6.07) is 79.2. The predicted octanol–water partition coefficient (Wildman–Crippen LogP) is 15.6. The summed E-state index contributed by atoms with van der Waals surface area (Å²) in [5.74, 6) is 0. The molecule has 0 atom stereocenters. The summed E-state index contributed by atoms with van der Waals surface area (Å²) in [6.45, 7) is 0. The van der Waals surface area contributed by atoms with Crippen LogP contribution < -0.4 is 4.90 Å². The van der Waals surface area contributed by atoms with Crippen molar-refractivity contribution in [2.75, 3.05) is 4.90 Å². The summed E-state index contributed by atoms with van der Waals surface area (Å²) < 4.78 is 5.09. The largest absolute Gasteiger partial charge is 0.310 e. The first-order valence-electron chi connectivity index (χ1n) is 19.4. The summed E-state index contributed by atoms with van der Waals surface area (Å²) in [4.78, 5) is 2.36. The lowest BCUT2D eigenvalue weighted by atomic mass is 9.97. The molecule has 0 aliphatic rings. The number of fused-ring (bicyclic) bond motifs is 6. The number of hydrogen-bond donors (Lipinski definition) is 0. The van der Waals surface area contributed by atoms with Gasteiger partial charge in [0.15, 0.2) is 0 Å². The normalized spacial score (nSPS) is 11.5. The molecule has 268 valence electrons. The van der Waals surface area contributed by atoms with E-state index >= 15 is 0 Å². The number of anilines is 3. The van der Waals surface area contributed by atoms with Crippen LogP contribution in [0.4, 0.5) is 17.1 Å². The van der Waals surface area contributed by atoms with Gasteiger partial charge in [0, 0.05) is 47.9 Å². The molecule has 2 heterocycles. The van der Waals surface area contributed by atoms with Crippen molar-refractivity contribution >= 4 is 70.4 Å². The highest BCUT2D eigenvalue weighted by atomic mass is 32.1. The van der Waals surface area contributed by atoms with E-state index in [4.69, 9.17) is 0 Å². The molecule has 0 amide bonds. The van der Waals surface area contributed by atoms with E-state index in [2.05, 4.69) is 228 Å². The molecule has 0 aliphatic carbocycles. The summed E-state index contributed by atoms with van der Waals surface area (Å²) in [5, 5.41) is 5.14. The van der Waals surface area contributed by atoms with Crippen molar-refractivity contribution in [2.45, 2.75) is 0 Å². The Kier molecular flexibility index (Phi) is 8.04. The van der Waals surface area contributed by atoms with Crippen molar-refractivity contribution in [1.29, 1.82) is 0 Å². The molecule has 0 spiro atoms. The molecule has 2 aromatic heterocycles. The lowest BCUT2D eigenvalue weighted by molar-refractivity contribution is 1.20. The lowest BCUT2D eigenvalue weighted by Gasteiger charge is -2.28. The second kappa shape index (κ2) is 13.8. The fourth-order valence-corrected chi connectivity index (χ4v) is 9.67. The molecule has 0 N–H and O–H groups in total. The zero-order valence-electron chi connectivity index (χ0n) is 31.1. The van der Waals surface area contributed by atoms with Gasteiger partial charge in [-0.1, -0.05) is 152 Å². The van der Waals surface area contributed by atoms with Crippen LogP contribution in [0.2, 0.25) is 0 Å². The van der Waals surface area contributed by atoms with Crippen molar-refractivity contribution in [1.82, 2.24) is 4.57 Å². The van der Waals surface area contributed by atoms with Crippen LogP contribution in [0.1, 0.15) is 0 Å². The average molecular weight is 745 g/mol. The van der Waals surface area contributed by atoms with Crippen molar-refractivity contribution in [3.8, 4) is 39.1 Å². The van der Waals surface area contributed by atoms with Gasteiger partial charge in [-0.25, -0.2) is 0 Å². The molecule has 11 aromatic rings. The van der Waals surface area contributed by atoms with Gasteiger partial charge in [-0.15, -0.1) is 11.3 Å². The quantitative estimate of drug-likeness (QED) is 0.158. The first kappa shape index (κ1) is 33.2. The highest BCUT2D eigenvalue weighted by Crippen LogP contribution is 2.44. The molecule has 0 radical (unpaired) electrons. The third-order valence-electron chi connectivity index (χ3n) is 11.2. The summed E-state index contributed by atoms with van der Waals surface area (Å²) in [7, 11) is 0.